The van der Waals surface area contributed by atoms with Crippen LogP contribution in [0.3, 0.4) is 0 Å². The summed E-state index contributed by atoms with van der Waals surface area (Å²) < 4.78 is 32.6. The van der Waals surface area contributed by atoms with Crippen molar-refractivity contribution in [2.24, 2.45) is 0 Å². The Labute approximate surface area is 127 Å². The van der Waals surface area contributed by atoms with Crippen molar-refractivity contribution >= 4 is 10.0 Å². The first-order valence-electron chi connectivity index (χ1n) is 7.45. The molecule has 1 N–H and O–H groups in total. The van der Waals surface area contributed by atoms with Crippen LogP contribution in [0.2, 0.25) is 0 Å². The zero-order valence-electron chi connectivity index (χ0n) is 12.7. The van der Waals surface area contributed by atoms with E-state index < -0.39 is 10.0 Å². The molecule has 118 valence electrons. The molecule has 0 spiro atoms. The Bertz CT molecular complexity index is 560. The van der Waals surface area contributed by atoms with Crippen molar-refractivity contribution in [1.82, 2.24) is 9.62 Å². The lowest BCUT2D eigenvalue weighted by Crippen LogP contribution is -2.36. The van der Waals surface area contributed by atoms with Crippen molar-refractivity contribution in [1.29, 1.82) is 0 Å². The molecule has 0 aliphatic carbocycles. The molecule has 2 rings (SSSR count). The standard InChI is InChI=1S/C15H24N2O3S/c1-3-16-11-14-6-4-7-15(10-14)21(18,19)17-8-5-9-20-13(2)12-17/h4,6-7,10,13,16H,3,5,8-9,11-12H2,1-2H3. The van der Waals surface area contributed by atoms with E-state index >= 15 is 0 Å². The van der Waals surface area contributed by atoms with Gasteiger partial charge in [-0.3, -0.25) is 0 Å². The van der Waals surface area contributed by atoms with Gasteiger partial charge in [-0.1, -0.05) is 19.1 Å². The van der Waals surface area contributed by atoms with Crippen LogP contribution in [0.1, 0.15) is 25.8 Å². The fourth-order valence-electron chi connectivity index (χ4n) is 2.41. The molecule has 1 aliphatic heterocycles. The highest BCUT2D eigenvalue weighted by atomic mass is 32.2. The minimum Gasteiger partial charge on any atom is -0.377 e. The van der Waals surface area contributed by atoms with Gasteiger partial charge in [0.15, 0.2) is 0 Å². The van der Waals surface area contributed by atoms with E-state index in [9.17, 15) is 8.42 Å². The summed E-state index contributed by atoms with van der Waals surface area (Å²) in [6.07, 6.45) is 0.674. The van der Waals surface area contributed by atoms with Crippen LogP contribution < -0.4 is 5.32 Å². The minimum atomic E-state index is -3.44. The molecule has 1 aliphatic rings. The van der Waals surface area contributed by atoms with Gasteiger partial charge in [-0.05, 0) is 37.6 Å². The highest BCUT2D eigenvalue weighted by Crippen LogP contribution is 2.20. The van der Waals surface area contributed by atoms with Crippen molar-refractivity contribution in [3.8, 4) is 0 Å². The number of ether oxygens (including phenoxy) is 1. The molecule has 5 nitrogen and oxygen atoms in total. The number of benzene rings is 1. The van der Waals surface area contributed by atoms with Gasteiger partial charge >= 0.3 is 0 Å². The zero-order chi connectivity index (χ0) is 15.3. The first-order chi connectivity index (χ1) is 10.0. The van der Waals surface area contributed by atoms with E-state index in [4.69, 9.17) is 4.74 Å². The molecule has 1 aromatic carbocycles. The van der Waals surface area contributed by atoms with Crippen molar-refractivity contribution in [2.75, 3.05) is 26.2 Å². The number of nitrogens with zero attached hydrogens (tertiary/aromatic N) is 1. The molecular weight excluding hydrogens is 288 g/mol. The molecule has 1 unspecified atom stereocenters. The van der Waals surface area contributed by atoms with Gasteiger partial charge in [-0.15, -0.1) is 0 Å². The Morgan fingerprint density at radius 3 is 3.00 bits per heavy atom. The number of hydrogen-bond donors (Lipinski definition) is 1. The molecule has 0 radical (unpaired) electrons. The van der Waals surface area contributed by atoms with Crippen molar-refractivity contribution in [3.05, 3.63) is 29.8 Å². The molecule has 1 atom stereocenters. The lowest BCUT2D eigenvalue weighted by Gasteiger charge is -2.22. The Morgan fingerprint density at radius 2 is 2.24 bits per heavy atom. The Kier molecular flexibility index (Phi) is 5.75. The van der Waals surface area contributed by atoms with E-state index in [1.807, 2.05) is 19.9 Å². The van der Waals surface area contributed by atoms with Crippen molar-refractivity contribution in [3.63, 3.8) is 0 Å². The first kappa shape index (κ1) is 16.4. The predicted molar refractivity (Wildman–Crippen MR) is 82.6 cm³/mol. The van der Waals surface area contributed by atoms with Crippen LogP contribution in [-0.4, -0.2) is 45.1 Å². The van der Waals surface area contributed by atoms with Gasteiger partial charge in [0.1, 0.15) is 0 Å². The summed E-state index contributed by atoms with van der Waals surface area (Å²) >= 11 is 0. The van der Waals surface area contributed by atoms with Crippen molar-refractivity contribution in [2.45, 2.75) is 37.8 Å². The summed E-state index contributed by atoms with van der Waals surface area (Å²) in [5.74, 6) is 0. The molecule has 0 amide bonds. The van der Waals surface area contributed by atoms with E-state index in [-0.39, 0.29) is 6.10 Å². The summed E-state index contributed by atoms with van der Waals surface area (Å²) in [6.45, 7) is 7.03. The molecule has 1 saturated heterocycles. The van der Waals surface area contributed by atoms with E-state index in [2.05, 4.69) is 5.32 Å². The maximum Gasteiger partial charge on any atom is 0.243 e. The van der Waals surface area contributed by atoms with E-state index in [0.29, 0.717) is 31.1 Å². The average molecular weight is 312 g/mol. The number of rotatable bonds is 5. The van der Waals surface area contributed by atoms with E-state index in [0.717, 1.165) is 18.5 Å². The van der Waals surface area contributed by atoms with Crippen LogP contribution in [0.5, 0.6) is 0 Å². The lowest BCUT2D eigenvalue weighted by molar-refractivity contribution is 0.0752. The highest BCUT2D eigenvalue weighted by Gasteiger charge is 2.27. The smallest absolute Gasteiger partial charge is 0.243 e. The second kappa shape index (κ2) is 7.35. The fourth-order valence-corrected chi connectivity index (χ4v) is 4.03. The predicted octanol–water partition coefficient (Wildman–Crippen LogP) is 1.60. The number of hydrogen-bond acceptors (Lipinski definition) is 4. The summed E-state index contributed by atoms with van der Waals surface area (Å²) in [5, 5.41) is 3.21. The van der Waals surface area contributed by atoms with Crippen LogP contribution in [0, 0.1) is 0 Å². The molecule has 1 fully saturated rings. The van der Waals surface area contributed by atoms with Gasteiger partial charge in [0.25, 0.3) is 0 Å². The summed E-state index contributed by atoms with van der Waals surface area (Å²) in [5.41, 5.74) is 0.983. The normalized spacial score (nSPS) is 21.1. The fraction of sp³-hybridized carbons (Fsp3) is 0.600. The largest absolute Gasteiger partial charge is 0.377 e. The minimum absolute atomic E-state index is 0.0628. The van der Waals surface area contributed by atoms with Crippen LogP contribution in [-0.2, 0) is 21.3 Å². The maximum absolute atomic E-state index is 12.8. The molecular formula is C15H24N2O3S. The number of nitrogens with one attached hydrogen (secondary N) is 1. The maximum atomic E-state index is 12.8. The molecule has 0 bridgehead atoms. The number of sulfonamides is 1. The zero-order valence-corrected chi connectivity index (χ0v) is 13.5. The van der Waals surface area contributed by atoms with Crippen LogP contribution in [0.15, 0.2) is 29.2 Å². The third-order valence-corrected chi connectivity index (χ3v) is 5.39. The summed E-state index contributed by atoms with van der Waals surface area (Å²) in [6, 6.07) is 7.17. The van der Waals surface area contributed by atoms with Gasteiger partial charge in [-0.25, -0.2) is 8.42 Å². The van der Waals surface area contributed by atoms with Crippen LogP contribution >= 0.6 is 0 Å². The Balaban J connectivity index is 2.21. The first-order valence-corrected chi connectivity index (χ1v) is 8.89. The van der Waals surface area contributed by atoms with E-state index in [1.54, 1.807) is 18.2 Å². The van der Waals surface area contributed by atoms with Crippen LogP contribution in [0.4, 0.5) is 0 Å². The van der Waals surface area contributed by atoms with Crippen molar-refractivity contribution < 1.29 is 13.2 Å². The van der Waals surface area contributed by atoms with Gasteiger partial charge in [0.2, 0.25) is 10.0 Å². The second-order valence-electron chi connectivity index (χ2n) is 5.33. The molecule has 0 aromatic heterocycles. The highest BCUT2D eigenvalue weighted by molar-refractivity contribution is 7.89. The van der Waals surface area contributed by atoms with E-state index in [1.165, 1.54) is 4.31 Å². The van der Waals surface area contributed by atoms with Crippen LogP contribution in [0.25, 0.3) is 0 Å². The summed E-state index contributed by atoms with van der Waals surface area (Å²) in [4.78, 5) is 0.368. The summed E-state index contributed by atoms with van der Waals surface area (Å²) in [7, 11) is -3.44. The van der Waals surface area contributed by atoms with Gasteiger partial charge in [0.05, 0.1) is 11.0 Å². The SMILES string of the molecule is CCNCc1cccc(S(=O)(=O)N2CCCOC(C)C2)c1. The van der Waals surface area contributed by atoms with Gasteiger partial charge < -0.3 is 10.1 Å². The third-order valence-electron chi connectivity index (χ3n) is 3.53. The second-order valence-corrected chi connectivity index (χ2v) is 7.26. The monoisotopic (exact) mass is 312 g/mol. The molecule has 1 aromatic rings. The van der Waals surface area contributed by atoms with Gasteiger partial charge in [0, 0.05) is 26.2 Å². The molecule has 0 saturated carbocycles. The third kappa shape index (κ3) is 4.26. The molecule has 21 heavy (non-hydrogen) atoms. The topological polar surface area (TPSA) is 58.6 Å². The molecule has 1 heterocycles. The Morgan fingerprint density at radius 1 is 1.43 bits per heavy atom. The Hall–Kier alpha value is -0.950. The van der Waals surface area contributed by atoms with Gasteiger partial charge in [-0.2, -0.15) is 4.31 Å². The molecule has 6 heteroatoms. The lowest BCUT2D eigenvalue weighted by atomic mass is 10.2. The average Bonchev–Trinajstić information content (AvgIpc) is 2.70. The quantitative estimate of drug-likeness (QED) is 0.897.